The number of nitro groups is 1. The molecule has 0 unspecified atom stereocenters. The third-order valence-electron chi connectivity index (χ3n) is 4.19. The number of esters is 1. The molecule has 0 radical (unpaired) electrons. The molecule has 1 atom stereocenters. The molecule has 0 aromatic heterocycles. The number of nitro benzene ring substituents is 1. The monoisotopic (exact) mass is 386 g/mol. The van der Waals surface area contributed by atoms with Gasteiger partial charge in [0.25, 0.3) is 5.91 Å². The molecule has 0 fully saturated rings. The molecule has 0 aliphatic carbocycles. The van der Waals surface area contributed by atoms with E-state index in [-0.39, 0.29) is 17.0 Å². The van der Waals surface area contributed by atoms with Gasteiger partial charge in [-0.3, -0.25) is 14.9 Å². The summed E-state index contributed by atoms with van der Waals surface area (Å²) in [5, 5.41) is 13.9. The van der Waals surface area contributed by atoms with E-state index in [1.54, 1.807) is 0 Å². The van der Waals surface area contributed by atoms with Gasteiger partial charge in [-0.1, -0.05) is 17.7 Å². The van der Waals surface area contributed by atoms with Crippen LogP contribution in [0.5, 0.6) is 5.75 Å². The number of hydrogen-bond donors (Lipinski definition) is 1. The Balaban J connectivity index is 2.13. The Morgan fingerprint density at radius 3 is 2.25 bits per heavy atom. The summed E-state index contributed by atoms with van der Waals surface area (Å²) in [5.41, 5.74) is 3.13. The molecule has 2 rings (SSSR count). The first-order chi connectivity index (χ1) is 13.1. The highest BCUT2D eigenvalue weighted by Crippen LogP contribution is 2.28. The first-order valence-electron chi connectivity index (χ1n) is 8.56. The Hall–Kier alpha value is -3.42. The highest BCUT2D eigenvalue weighted by Gasteiger charge is 2.23. The molecule has 148 valence electrons. The van der Waals surface area contributed by atoms with Gasteiger partial charge in [0, 0.05) is 11.8 Å². The standard InChI is InChI=1S/C20H22N2O6/c1-11-8-12(2)18(13(3)9-11)21-19(23)14(4)28-20(24)15-6-7-17(27-5)16(10-15)22(25)26/h6-10,14H,1-5H3,(H,21,23)/t14-/m1/s1. The number of methoxy groups -OCH3 is 1. The predicted octanol–water partition coefficient (Wildman–Crippen LogP) is 3.71. The smallest absolute Gasteiger partial charge is 0.339 e. The Kier molecular flexibility index (Phi) is 6.35. The highest BCUT2D eigenvalue weighted by atomic mass is 16.6. The maximum absolute atomic E-state index is 12.4. The number of nitrogens with one attached hydrogen (secondary N) is 1. The SMILES string of the molecule is COc1ccc(C(=O)O[C@H](C)C(=O)Nc2c(C)cc(C)cc2C)cc1[N+](=O)[O-]. The van der Waals surface area contributed by atoms with Gasteiger partial charge in [-0.05, 0) is 51.0 Å². The minimum absolute atomic E-state index is 0.0256. The van der Waals surface area contributed by atoms with E-state index in [1.807, 2.05) is 32.9 Å². The lowest BCUT2D eigenvalue weighted by Gasteiger charge is -2.17. The van der Waals surface area contributed by atoms with Crippen LogP contribution in [0.3, 0.4) is 0 Å². The van der Waals surface area contributed by atoms with Crippen molar-refractivity contribution in [2.24, 2.45) is 0 Å². The van der Waals surface area contributed by atoms with E-state index in [1.165, 1.54) is 26.2 Å². The summed E-state index contributed by atoms with van der Waals surface area (Å²) >= 11 is 0. The average Bonchev–Trinajstić information content (AvgIpc) is 2.63. The molecular formula is C20H22N2O6. The van der Waals surface area contributed by atoms with Crippen molar-refractivity contribution in [3.05, 3.63) is 62.7 Å². The van der Waals surface area contributed by atoms with Gasteiger partial charge in [0.2, 0.25) is 0 Å². The topological polar surface area (TPSA) is 108 Å². The van der Waals surface area contributed by atoms with Crippen LogP contribution in [0.15, 0.2) is 30.3 Å². The summed E-state index contributed by atoms with van der Waals surface area (Å²) in [7, 11) is 1.29. The Labute approximate surface area is 162 Å². The summed E-state index contributed by atoms with van der Waals surface area (Å²) in [4.78, 5) is 35.2. The van der Waals surface area contributed by atoms with Crippen molar-refractivity contribution >= 4 is 23.3 Å². The fraction of sp³-hybridized carbons (Fsp3) is 0.300. The van der Waals surface area contributed by atoms with Gasteiger partial charge >= 0.3 is 11.7 Å². The molecule has 1 amide bonds. The lowest BCUT2D eigenvalue weighted by molar-refractivity contribution is -0.385. The molecule has 0 heterocycles. The largest absolute Gasteiger partial charge is 0.490 e. The number of carbonyl (C=O) groups excluding carboxylic acids is 2. The fourth-order valence-electron chi connectivity index (χ4n) is 2.84. The van der Waals surface area contributed by atoms with E-state index >= 15 is 0 Å². The van der Waals surface area contributed by atoms with E-state index in [9.17, 15) is 19.7 Å². The van der Waals surface area contributed by atoms with Crippen molar-refractivity contribution in [3.63, 3.8) is 0 Å². The first-order valence-corrected chi connectivity index (χ1v) is 8.56. The number of nitrogens with zero attached hydrogens (tertiary/aromatic N) is 1. The summed E-state index contributed by atoms with van der Waals surface area (Å²) in [6, 6.07) is 7.58. The molecular weight excluding hydrogens is 364 g/mol. The van der Waals surface area contributed by atoms with Crippen LogP contribution in [0.1, 0.15) is 34.0 Å². The number of rotatable bonds is 6. The number of amides is 1. The summed E-state index contributed by atoms with van der Waals surface area (Å²) in [6.45, 7) is 7.15. The Morgan fingerprint density at radius 1 is 1.11 bits per heavy atom. The van der Waals surface area contributed by atoms with Gasteiger partial charge in [-0.15, -0.1) is 0 Å². The first kappa shape index (κ1) is 20.9. The molecule has 28 heavy (non-hydrogen) atoms. The predicted molar refractivity (Wildman–Crippen MR) is 104 cm³/mol. The van der Waals surface area contributed by atoms with E-state index < -0.39 is 22.9 Å². The second-order valence-electron chi connectivity index (χ2n) is 6.45. The molecule has 8 heteroatoms. The van der Waals surface area contributed by atoms with Crippen LogP contribution in [-0.4, -0.2) is 30.0 Å². The molecule has 8 nitrogen and oxygen atoms in total. The third-order valence-corrected chi connectivity index (χ3v) is 4.19. The zero-order valence-electron chi connectivity index (χ0n) is 16.4. The number of aryl methyl sites for hydroxylation is 3. The summed E-state index contributed by atoms with van der Waals surface area (Å²) < 4.78 is 10.1. The Bertz CT molecular complexity index is 915. The van der Waals surface area contributed by atoms with Crippen LogP contribution in [0.25, 0.3) is 0 Å². The molecule has 0 saturated heterocycles. The fourth-order valence-corrected chi connectivity index (χ4v) is 2.84. The van der Waals surface area contributed by atoms with Crippen molar-refractivity contribution in [2.75, 3.05) is 12.4 Å². The number of ether oxygens (including phenoxy) is 2. The van der Waals surface area contributed by atoms with Crippen LogP contribution in [0.4, 0.5) is 11.4 Å². The van der Waals surface area contributed by atoms with Crippen LogP contribution in [0, 0.1) is 30.9 Å². The number of anilines is 1. The summed E-state index contributed by atoms with van der Waals surface area (Å²) in [6.07, 6.45) is -1.09. The molecule has 0 aliphatic heterocycles. The molecule has 2 aromatic carbocycles. The molecule has 1 N–H and O–H groups in total. The number of carbonyl (C=O) groups is 2. The lowest BCUT2D eigenvalue weighted by atomic mass is 10.0. The van der Waals surface area contributed by atoms with Crippen molar-refractivity contribution in [3.8, 4) is 5.75 Å². The van der Waals surface area contributed by atoms with Gasteiger partial charge in [0.15, 0.2) is 11.9 Å². The highest BCUT2D eigenvalue weighted by molar-refractivity contribution is 5.98. The maximum atomic E-state index is 12.4. The second kappa shape index (κ2) is 8.51. The lowest BCUT2D eigenvalue weighted by Crippen LogP contribution is -2.30. The van der Waals surface area contributed by atoms with Crippen molar-refractivity contribution in [2.45, 2.75) is 33.8 Å². The van der Waals surface area contributed by atoms with Gasteiger partial charge in [0.1, 0.15) is 0 Å². The number of benzene rings is 2. The quantitative estimate of drug-likeness (QED) is 0.461. The van der Waals surface area contributed by atoms with Crippen LogP contribution < -0.4 is 10.1 Å². The summed E-state index contributed by atoms with van der Waals surface area (Å²) in [5.74, 6) is -1.31. The van der Waals surface area contributed by atoms with E-state index in [4.69, 9.17) is 9.47 Å². The maximum Gasteiger partial charge on any atom is 0.339 e. The van der Waals surface area contributed by atoms with Gasteiger partial charge in [-0.25, -0.2) is 4.79 Å². The van der Waals surface area contributed by atoms with Crippen LogP contribution in [-0.2, 0) is 9.53 Å². The Morgan fingerprint density at radius 2 is 1.71 bits per heavy atom. The van der Waals surface area contributed by atoms with Crippen molar-refractivity contribution in [1.29, 1.82) is 0 Å². The van der Waals surface area contributed by atoms with Gasteiger partial charge in [-0.2, -0.15) is 0 Å². The van der Waals surface area contributed by atoms with Gasteiger partial charge < -0.3 is 14.8 Å². The van der Waals surface area contributed by atoms with Crippen molar-refractivity contribution in [1.82, 2.24) is 0 Å². The van der Waals surface area contributed by atoms with Crippen LogP contribution in [0.2, 0.25) is 0 Å². The molecule has 0 saturated carbocycles. The van der Waals surface area contributed by atoms with E-state index in [0.29, 0.717) is 5.69 Å². The number of hydrogen-bond acceptors (Lipinski definition) is 6. The minimum Gasteiger partial charge on any atom is -0.490 e. The third kappa shape index (κ3) is 4.64. The van der Waals surface area contributed by atoms with Crippen LogP contribution >= 0.6 is 0 Å². The second-order valence-corrected chi connectivity index (χ2v) is 6.45. The molecule has 2 aromatic rings. The van der Waals surface area contributed by atoms with E-state index in [2.05, 4.69) is 5.32 Å². The van der Waals surface area contributed by atoms with Crippen molar-refractivity contribution < 1.29 is 24.0 Å². The zero-order chi connectivity index (χ0) is 21.0. The minimum atomic E-state index is -1.09. The molecule has 0 spiro atoms. The molecule has 0 bridgehead atoms. The molecule has 0 aliphatic rings. The average molecular weight is 386 g/mol. The van der Waals surface area contributed by atoms with E-state index in [0.717, 1.165) is 22.8 Å². The zero-order valence-corrected chi connectivity index (χ0v) is 16.4. The van der Waals surface area contributed by atoms with Gasteiger partial charge in [0.05, 0.1) is 17.6 Å². The normalized spacial score (nSPS) is 11.5.